The number of hydrogen-bond donors (Lipinski definition) is 3. The molecule has 1 heterocycles. The Morgan fingerprint density at radius 1 is 1.48 bits per heavy atom. The number of unbranched alkanes of at least 4 members (excludes halogenated alkanes) is 2. The quantitative estimate of drug-likeness (QED) is 0.592. The van der Waals surface area contributed by atoms with Gasteiger partial charge in [-0.05, 0) is 19.4 Å². The molecule has 1 unspecified atom stereocenters. The predicted molar refractivity (Wildman–Crippen MR) is 77.9 cm³/mol. The number of sulfonamides is 1. The Labute approximate surface area is 124 Å². The Bertz CT molecular complexity index is 577. The largest absolute Gasteiger partial charge is 0.478 e. The van der Waals surface area contributed by atoms with E-state index >= 15 is 0 Å². The maximum Gasteiger partial charge on any atom is 0.333 e. The van der Waals surface area contributed by atoms with E-state index in [2.05, 4.69) is 10.0 Å². The number of carboxylic acids is 1. The summed E-state index contributed by atoms with van der Waals surface area (Å²) in [5, 5.41) is 11.6. The van der Waals surface area contributed by atoms with Gasteiger partial charge in [0.2, 0.25) is 15.9 Å². The van der Waals surface area contributed by atoms with Crippen molar-refractivity contribution in [2.75, 3.05) is 5.75 Å². The summed E-state index contributed by atoms with van der Waals surface area (Å²) in [5.41, 5.74) is 0.0461. The number of rotatable bonds is 7. The van der Waals surface area contributed by atoms with E-state index in [0.717, 1.165) is 12.8 Å². The summed E-state index contributed by atoms with van der Waals surface area (Å²) < 4.78 is 26.0. The van der Waals surface area contributed by atoms with Crippen molar-refractivity contribution in [3.05, 3.63) is 23.4 Å². The van der Waals surface area contributed by atoms with Crippen molar-refractivity contribution in [3.8, 4) is 0 Å². The second kappa shape index (κ2) is 7.37. The van der Waals surface area contributed by atoms with E-state index in [9.17, 15) is 18.0 Å². The number of nitrogens with one attached hydrogen (secondary N) is 2. The molecule has 1 amide bonds. The van der Waals surface area contributed by atoms with Gasteiger partial charge in [0.15, 0.2) is 0 Å². The molecule has 3 N–H and O–H groups in total. The lowest BCUT2D eigenvalue weighted by molar-refractivity contribution is -0.134. The third kappa shape index (κ3) is 4.98. The molecule has 7 nitrogen and oxygen atoms in total. The van der Waals surface area contributed by atoms with Crippen molar-refractivity contribution in [2.45, 2.75) is 39.2 Å². The number of carbonyl (C=O) groups excluding carboxylic acids is 1. The number of hydrogen-bond acceptors (Lipinski definition) is 4. The molecule has 0 spiro atoms. The minimum Gasteiger partial charge on any atom is -0.478 e. The molecule has 0 aromatic rings. The van der Waals surface area contributed by atoms with Crippen LogP contribution < -0.4 is 10.0 Å². The predicted octanol–water partition coefficient (Wildman–Crippen LogP) is 0.509. The third-order valence-corrected chi connectivity index (χ3v) is 4.44. The highest BCUT2D eigenvalue weighted by Gasteiger charge is 2.34. The first-order valence-electron chi connectivity index (χ1n) is 6.72. The van der Waals surface area contributed by atoms with E-state index in [0.29, 0.717) is 12.1 Å². The van der Waals surface area contributed by atoms with Gasteiger partial charge in [-0.15, -0.1) is 0 Å². The Morgan fingerprint density at radius 2 is 2.14 bits per heavy atom. The van der Waals surface area contributed by atoms with Crippen molar-refractivity contribution >= 4 is 21.9 Å². The molecule has 0 aromatic carbocycles. The molecule has 0 bridgehead atoms. The van der Waals surface area contributed by atoms with E-state index in [1.807, 2.05) is 6.92 Å². The fourth-order valence-electron chi connectivity index (χ4n) is 1.88. The monoisotopic (exact) mass is 316 g/mol. The molecule has 1 aliphatic heterocycles. The first kappa shape index (κ1) is 17.4. The van der Waals surface area contributed by atoms with Crippen LogP contribution in [0.15, 0.2) is 23.4 Å². The Kier molecular flexibility index (Phi) is 6.10. The average molecular weight is 316 g/mol. The molecule has 0 fully saturated rings. The molecule has 8 heteroatoms. The van der Waals surface area contributed by atoms with E-state index < -0.39 is 27.9 Å². The van der Waals surface area contributed by atoms with Crippen molar-refractivity contribution < 1.29 is 23.1 Å². The summed E-state index contributed by atoms with van der Waals surface area (Å²) in [5.74, 6) is -2.15. The van der Waals surface area contributed by atoms with Gasteiger partial charge in [0, 0.05) is 5.70 Å². The summed E-state index contributed by atoms with van der Waals surface area (Å²) in [4.78, 5) is 23.1. The topological polar surface area (TPSA) is 113 Å². The van der Waals surface area contributed by atoms with Crippen LogP contribution in [0.1, 0.15) is 33.1 Å². The van der Waals surface area contributed by atoms with Crippen LogP contribution in [0.4, 0.5) is 0 Å². The van der Waals surface area contributed by atoms with Crippen LogP contribution in [0.25, 0.3) is 0 Å². The molecule has 0 saturated carbocycles. The van der Waals surface area contributed by atoms with Crippen LogP contribution in [0.2, 0.25) is 0 Å². The number of carboxylic acid groups (broad SMARTS) is 1. The van der Waals surface area contributed by atoms with Gasteiger partial charge in [0.25, 0.3) is 0 Å². The highest BCUT2D eigenvalue weighted by molar-refractivity contribution is 7.89. The number of allylic oxidation sites excluding steroid dienone is 2. The lowest BCUT2D eigenvalue weighted by Crippen LogP contribution is -2.51. The lowest BCUT2D eigenvalue weighted by Gasteiger charge is -2.23. The lowest BCUT2D eigenvalue weighted by atomic mass is 10.0. The summed E-state index contributed by atoms with van der Waals surface area (Å²) >= 11 is 0. The van der Waals surface area contributed by atoms with E-state index in [1.54, 1.807) is 6.92 Å². The van der Waals surface area contributed by atoms with Crippen LogP contribution in [-0.4, -0.2) is 37.2 Å². The first-order valence-corrected chi connectivity index (χ1v) is 8.38. The van der Waals surface area contributed by atoms with Crippen molar-refractivity contribution in [3.63, 3.8) is 0 Å². The minimum absolute atomic E-state index is 0.131. The van der Waals surface area contributed by atoms with Gasteiger partial charge >= 0.3 is 5.97 Å². The van der Waals surface area contributed by atoms with Gasteiger partial charge in [-0.3, -0.25) is 4.79 Å². The van der Waals surface area contributed by atoms with Crippen LogP contribution in [0, 0.1) is 0 Å². The molecule has 118 valence electrons. The highest BCUT2D eigenvalue weighted by atomic mass is 32.2. The van der Waals surface area contributed by atoms with Crippen LogP contribution in [-0.2, 0) is 19.6 Å². The third-order valence-electron chi connectivity index (χ3n) is 3.02. The fourth-order valence-corrected chi connectivity index (χ4v) is 3.18. The van der Waals surface area contributed by atoms with E-state index in [1.165, 1.54) is 12.2 Å². The summed E-state index contributed by atoms with van der Waals surface area (Å²) in [7, 11) is -3.71. The molecule has 21 heavy (non-hydrogen) atoms. The molecule has 0 radical (unpaired) electrons. The zero-order chi connectivity index (χ0) is 16.0. The Balaban J connectivity index is 2.94. The summed E-state index contributed by atoms with van der Waals surface area (Å²) in [6, 6.07) is -1.40. The van der Waals surface area contributed by atoms with Crippen LogP contribution in [0.3, 0.4) is 0 Å². The van der Waals surface area contributed by atoms with Gasteiger partial charge in [0.05, 0.1) is 11.3 Å². The highest BCUT2D eigenvalue weighted by Crippen LogP contribution is 2.14. The van der Waals surface area contributed by atoms with Gasteiger partial charge in [-0.25, -0.2) is 13.2 Å². The molecule has 0 aliphatic carbocycles. The maximum atomic E-state index is 11.9. The van der Waals surface area contributed by atoms with Gasteiger partial charge in [0.1, 0.15) is 6.04 Å². The smallest absolute Gasteiger partial charge is 0.333 e. The van der Waals surface area contributed by atoms with E-state index in [-0.39, 0.29) is 11.3 Å². The minimum atomic E-state index is -3.71. The molecular weight excluding hydrogens is 296 g/mol. The molecule has 1 aliphatic rings. The molecule has 1 atom stereocenters. The zero-order valence-corrected chi connectivity index (χ0v) is 12.9. The molecular formula is C13H20N2O5S. The standard InChI is InChI=1S/C13H20N2O5S/c1-3-5-6-7-21(19,20)15-11-10(13(17)18)8-9(4-2)14-12(11)16/h4,8,11,15H,3,5-7H2,1-2H3,(H,14,16)(H,17,18)/b9-4-. The molecule has 0 saturated heterocycles. The summed E-state index contributed by atoms with van der Waals surface area (Å²) in [6.07, 6.45) is 4.87. The second-order valence-corrected chi connectivity index (χ2v) is 6.59. The van der Waals surface area contributed by atoms with E-state index in [4.69, 9.17) is 5.11 Å². The second-order valence-electron chi connectivity index (χ2n) is 4.71. The SMILES string of the molecule is C/C=C1/C=C(C(=O)O)C(NS(=O)(=O)CCCCC)C(=O)N1. The van der Waals surface area contributed by atoms with Crippen LogP contribution in [0.5, 0.6) is 0 Å². The van der Waals surface area contributed by atoms with Crippen molar-refractivity contribution in [1.82, 2.24) is 10.0 Å². The van der Waals surface area contributed by atoms with Gasteiger partial charge in [-0.1, -0.05) is 25.8 Å². The number of carbonyl (C=O) groups is 2. The number of aliphatic carboxylic acids is 1. The fraction of sp³-hybridized carbons (Fsp3) is 0.538. The van der Waals surface area contributed by atoms with Crippen LogP contribution >= 0.6 is 0 Å². The van der Waals surface area contributed by atoms with Gasteiger partial charge in [-0.2, -0.15) is 4.72 Å². The number of amides is 1. The Morgan fingerprint density at radius 3 is 2.67 bits per heavy atom. The molecule has 1 rings (SSSR count). The molecule has 0 aromatic heterocycles. The van der Waals surface area contributed by atoms with Crippen molar-refractivity contribution in [2.24, 2.45) is 0 Å². The first-order chi connectivity index (χ1) is 9.80. The maximum absolute atomic E-state index is 11.9. The van der Waals surface area contributed by atoms with Crippen molar-refractivity contribution in [1.29, 1.82) is 0 Å². The Hall–Kier alpha value is -1.67. The normalized spacial score (nSPS) is 21.0. The average Bonchev–Trinajstić information content (AvgIpc) is 2.40. The zero-order valence-electron chi connectivity index (χ0n) is 12.0. The van der Waals surface area contributed by atoms with Gasteiger partial charge < -0.3 is 10.4 Å². The summed E-state index contributed by atoms with van der Waals surface area (Å²) in [6.45, 7) is 3.58.